The van der Waals surface area contributed by atoms with Crippen molar-refractivity contribution in [3.63, 3.8) is 0 Å². The van der Waals surface area contributed by atoms with Crippen molar-refractivity contribution in [3.05, 3.63) is 47.6 Å². The molecule has 0 amide bonds. The molecule has 1 atom stereocenters. The summed E-state index contributed by atoms with van der Waals surface area (Å²) in [5, 5.41) is 16.2. The first-order chi connectivity index (χ1) is 17.2. The molecule has 1 aliphatic carbocycles. The van der Waals surface area contributed by atoms with E-state index in [-0.39, 0.29) is 0 Å². The fourth-order valence-electron chi connectivity index (χ4n) is 5.23. The summed E-state index contributed by atoms with van der Waals surface area (Å²) in [4.78, 5) is 4.33. The van der Waals surface area contributed by atoms with Crippen molar-refractivity contribution in [2.45, 2.75) is 56.8 Å². The van der Waals surface area contributed by atoms with Gasteiger partial charge < -0.3 is 14.5 Å². The number of nitrogens with zero attached hydrogens (tertiary/aromatic N) is 7. The van der Waals surface area contributed by atoms with Crippen molar-refractivity contribution in [1.82, 2.24) is 34.1 Å². The van der Waals surface area contributed by atoms with Crippen LogP contribution < -0.4 is 5.32 Å². The number of hydrogen-bond donors (Lipinski definition) is 1. The molecule has 8 nitrogen and oxygen atoms in total. The maximum absolute atomic E-state index is 15.1. The quantitative estimate of drug-likeness (QED) is 0.386. The van der Waals surface area contributed by atoms with Crippen LogP contribution in [-0.4, -0.2) is 46.2 Å². The molecule has 2 aliphatic rings. The summed E-state index contributed by atoms with van der Waals surface area (Å²) in [7, 11) is 1.80. The number of alkyl halides is 3. The van der Waals surface area contributed by atoms with Crippen LogP contribution in [0.3, 0.4) is 0 Å². The van der Waals surface area contributed by atoms with Gasteiger partial charge in [0.2, 0.25) is 0 Å². The van der Waals surface area contributed by atoms with Crippen LogP contribution in [0.4, 0.5) is 24.8 Å². The first-order valence-corrected chi connectivity index (χ1v) is 12.1. The molecule has 0 aromatic carbocycles. The number of fused-ring (bicyclic) bond motifs is 3. The number of halogens is 4. The van der Waals surface area contributed by atoms with Crippen molar-refractivity contribution >= 4 is 23.2 Å². The highest BCUT2D eigenvalue weighted by Gasteiger charge is 2.50. The zero-order valence-electron chi connectivity index (χ0n) is 19.7. The Hall–Kier alpha value is -3.34. The van der Waals surface area contributed by atoms with Crippen molar-refractivity contribution in [3.8, 4) is 22.6 Å². The molecule has 0 spiro atoms. The van der Waals surface area contributed by atoms with Gasteiger partial charge in [0.05, 0.1) is 35.4 Å². The van der Waals surface area contributed by atoms with Crippen LogP contribution in [0.2, 0.25) is 5.02 Å². The average Bonchev–Trinajstić information content (AvgIpc) is 3.46. The number of aromatic nitrogens is 7. The van der Waals surface area contributed by atoms with Crippen molar-refractivity contribution in [1.29, 1.82) is 0 Å². The molecule has 1 unspecified atom stereocenters. The van der Waals surface area contributed by atoms with Crippen molar-refractivity contribution in [2.24, 2.45) is 7.05 Å². The summed E-state index contributed by atoms with van der Waals surface area (Å²) in [6.07, 6.45) is 5.57. The minimum Gasteiger partial charge on any atom is -0.338 e. The summed E-state index contributed by atoms with van der Waals surface area (Å²) in [6, 6.07) is 5.33. The first-order valence-electron chi connectivity index (χ1n) is 11.7. The van der Waals surface area contributed by atoms with Gasteiger partial charge in [-0.1, -0.05) is 18.0 Å². The summed E-state index contributed by atoms with van der Waals surface area (Å²) in [5.41, 5.74) is 0.874. The maximum atomic E-state index is 15.1. The summed E-state index contributed by atoms with van der Waals surface area (Å²) < 4.78 is 49.5. The van der Waals surface area contributed by atoms with E-state index in [0.29, 0.717) is 52.2 Å². The Morgan fingerprint density at radius 1 is 1.17 bits per heavy atom. The van der Waals surface area contributed by atoms with E-state index in [2.05, 4.69) is 25.6 Å². The Kier molecular flexibility index (Phi) is 5.19. The van der Waals surface area contributed by atoms with E-state index in [1.807, 2.05) is 0 Å². The third-order valence-corrected chi connectivity index (χ3v) is 7.66. The molecule has 1 saturated carbocycles. The molecule has 0 saturated heterocycles. The lowest BCUT2D eigenvalue weighted by Crippen LogP contribution is -2.45. The predicted molar refractivity (Wildman–Crippen MR) is 129 cm³/mol. The molecule has 4 aromatic rings. The normalized spacial score (nSPS) is 18.6. The third kappa shape index (κ3) is 3.59. The topological polar surface area (TPSA) is 78.4 Å². The fourth-order valence-corrected chi connectivity index (χ4v) is 5.44. The predicted octanol–water partition coefficient (Wildman–Crippen LogP) is 5.37. The molecule has 0 bridgehead atoms. The fraction of sp³-hybridized carbons (Fsp3) is 0.417. The Bertz CT molecular complexity index is 1450. The summed E-state index contributed by atoms with van der Waals surface area (Å²) in [6.45, 7) is 0.343. The van der Waals surface area contributed by atoms with Gasteiger partial charge in [0.25, 0.3) is 5.92 Å². The van der Waals surface area contributed by atoms with E-state index >= 15 is 8.78 Å². The van der Waals surface area contributed by atoms with E-state index in [0.717, 1.165) is 12.2 Å². The first kappa shape index (κ1) is 23.1. The van der Waals surface area contributed by atoms with E-state index in [4.69, 9.17) is 11.6 Å². The summed E-state index contributed by atoms with van der Waals surface area (Å²) in [5.74, 6) is -1.21. The Morgan fingerprint density at radius 3 is 2.64 bits per heavy atom. The number of aryl methyl sites for hydroxylation is 1. The third-order valence-electron chi connectivity index (χ3n) is 7.36. The van der Waals surface area contributed by atoms with Gasteiger partial charge in [0.1, 0.15) is 23.6 Å². The SMILES string of the molecule is CC(F)C1(c2nnc3n2CC(F)(F)Cn2cc(-c4cc(Nc5ccnn5C)ncc4Cl)cc2-3)CCC1. The van der Waals surface area contributed by atoms with Crippen LogP contribution in [0.1, 0.15) is 32.0 Å². The number of pyridine rings is 1. The van der Waals surface area contributed by atoms with Crippen LogP contribution in [-0.2, 0) is 25.6 Å². The number of nitrogens with one attached hydrogen (secondary N) is 1. The standard InChI is InChI=1S/C24H24ClF3N8/c1-14(26)23(5-3-6-23)22-33-32-21-18-8-15(11-35(18)12-24(27,28)13-36(21)22)16-9-19(29-10-17(16)25)31-20-4-7-30-34(20)2/h4,7-11,14H,3,5-6,12-13H2,1-2H3,(H,29,31). The number of anilines is 2. The Balaban J connectivity index is 1.44. The van der Waals surface area contributed by atoms with Crippen LogP contribution >= 0.6 is 11.6 Å². The van der Waals surface area contributed by atoms with E-state index in [1.165, 1.54) is 22.3 Å². The largest absolute Gasteiger partial charge is 0.338 e. The van der Waals surface area contributed by atoms with Crippen LogP contribution in [0.25, 0.3) is 22.6 Å². The van der Waals surface area contributed by atoms with Crippen LogP contribution in [0.15, 0.2) is 36.8 Å². The molecule has 1 fully saturated rings. The maximum Gasteiger partial charge on any atom is 0.283 e. The number of rotatable bonds is 5. The molecule has 188 valence electrons. The lowest BCUT2D eigenvalue weighted by atomic mass is 9.65. The molecule has 1 N–H and O–H groups in total. The zero-order valence-corrected chi connectivity index (χ0v) is 20.5. The van der Waals surface area contributed by atoms with Gasteiger partial charge in [-0.3, -0.25) is 4.68 Å². The lowest BCUT2D eigenvalue weighted by Gasteiger charge is -2.42. The Morgan fingerprint density at radius 2 is 1.97 bits per heavy atom. The summed E-state index contributed by atoms with van der Waals surface area (Å²) >= 11 is 6.48. The molecule has 5 heterocycles. The van der Waals surface area contributed by atoms with Crippen molar-refractivity contribution < 1.29 is 13.2 Å². The van der Waals surface area contributed by atoms with Gasteiger partial charge in [-0.15, -0.1) is 10.2 Å². The van der Waals surface area contributed by atoms with Crippen LogP contribution in [0.5, 0.6) is 0 Å². The highest BCUT2D eigenvalue weighted by molar-refractivity contribution is 6.33. The van der Waals surface area contributed by atoms with Gasteiger partial charge in [-0.2, -0.15) is 5.10 Å². The zero-order chi connectivity index (χ0) is 25.2. The smallest absolute Gasteiger partial charge is 0.283 e. The monoisotopic (exact) mass is 516 g/mol. The van der Waals surface area contributed by atoms with Crippen molar-refractivity contribution in [2.75, 3.05) is 5.32 Å². The van der Waals surface area contributed by atoms with Gasteiger partial charge >= 0.3 is 0 Å². The van der Waals surface area contributed by atoms with Gasteiger partial charge in [0, 0.05) is 36.6 Å². The molecule has 0 radical (unpaired) electrons. The van der Waals surface area contributed by atoms with Gasteiger partial charge in [-0.05, 0) is 31.9 Å². The molecule has 1 aliphatic heterocycles. The minimum atomic E-state index is -3.08. The van der Waals surface area contributed by atoms with Gasteiger partial charge in [-0.25, -0.2) is 18.2 Å². The van der Waals surface area contributed by atoms with E-state index in [9.17, 15) is 4.39 Å². The highest BCUT2D eigenvalue weighted by atomic mass is 35.5. The number of hydrogen-bond acceptors (Lipinski definition) is 5. The molecular weight excluding hydrogens is 493 g/mol. The van der Waals surface area contributed by atoms with Crippen LogP contribution in [0, 0.1) is 0 Å². The lowest BCUT2D eigenvalue weighted by molar-refractivity contribution is -0.0323. The highest BCUT2D eigenvalue weighted by Crippen LogP contribution is 2.48. The average molecular weight is 517 g/mol. The molecule has 6 rings (SSSR count). The van der Waals surface area contributed by atoms with Gasteiger partial charge in [0.15, 0.2) is 5.82 Å². The second kappa shape index (κ2) is 8.09. The second-order valence-corrected chi connectivity index (χ2v) is 10.1. The molecule has 36 heavy (non-hydrogen) atoms. The minimum absolute atomic E-state index is 0.304. The molecule has 4 aromatic heterocycles. The second-order valence-electron chi connectivity index (χ2n) is 9.67. The Labute approximate surface area is 210 Å². The van der Waals surface area contributed by atoms with E-state index in [1.54, 1.807) is 42.3 Å². The van der Waals surface area contributed by atoms with E-state index < -0.39 is 30.6 Å². The molecule has 12 heteroatoms. The molecular formula is C24H24ClF3N8.